The van der Waals surface area contributed by atoms with Crippen molar-refractivity contribution < 1.29 is 19.1 Å². The minimum Gasteiger partial charge on any atom is -0.466 e. The van der Waals surface area contributed by atoms with Crippen molar-refractivity contribution in [2.75, 3.05) is 13.7 Å². The van der Waals surface area contributed by atoms with Crippen LogP contribution in [0.15, 0.2) is 12.2 Å². The van der Waals surface area contributed by atoms with Gasteiger partial charge in [-0.3, -0.25) is 4.79 Å². The number of hydrogen-bond acceptors (Lipinski definition) is 4. The zero-order valence-corrected chi connectivity index (χ0v) is 9.65. The third-order valence-corrected chi connectivity index (χ3v) is 1.72. The van der Waals surface area contributed by atoms with E-state index >= 15 is 0 Å². The molecule has 0 aromatic heterocycles. The van der Waals surface area contributed by atoms with Crippen molar-refractivity contribution in [2.45, 2.75) is 20.8 Å². The molecule has 0 aliphatic heterocycles. The van der Waals surface area contributed by atoms with Crippen molar-refractivity contribution in [3.8, 4) is 0 Å². The lowest BCUT2D eigenvalue weighted by Gasteiger charge is -2.07. The maximum atomic E-state index is 11.3. The van der Waals surface area contributed by atoms with E-state index in [0.29, 0.717) is 5.92 Å². The van der Waals surface area contributed by atoms with Crippen molar-refractivity contribution in [1.82, 2.24) is 0 Å². The Labute approximate surface area is 90.2 Å². The van der Waals surface area contributed by atoms with Crippen molar-refractivity contribution in [3.63, 3.8) is 0 Å². The summed E-state index contributed by atoms with van der Waals surface area (Å²) in [5, 5.41) is 0. The van der Waals surface area contributed by atoms with E-state index in [1.807, 2.05) is 19.9 Å². The van der Waals surface area contributed by atoms with Gasteiger partial charge in [0.15, 0.2) is 6.61 Å². The molecule has 0 aliphatic rings. The maximum Gasteiger partial charge on any atom is 0.344 e. The average molecular weight is 214 g/mol. The normalized spacial score (nSPS) is 12.9. The molecule has 15 heavy (non-hydrogen) atoms. The molecule has 0 fully saturated rings. The van der Waals surface area contributed by atoms with Crippen LogP contribution in [-0.2, 0) is 19.1 Å². The molecule has 0 saturated carbocycles. The molecule has 86 valence electrons. The summed E-state index contributed by atoms with van der Waals surface area (Å²) in [6, 6.07) is 0. The largest absolute Gasteiger partial charge is 0.466 e. The molecule has 0 radical (unpaired) electrons. The average Bonchev–Trinajstić information content (AvgIpc) is 2.21. The number of rotatable bonds is 5. The van der Waals surface area contributed by atoms with Crippen LogP contribution >= 0.6 is 0 Å². The third-order valence-electron chi connectivity index (χ3n) is 1.72. The minimum atomic E-state index is -0.552. The fourth-order valence-electron chi connectivity index (χ4n) is 0.788. The van der Waals surface area contributed by atoms with Gasteiger partial charge < -0.3 is 9.47 Å². The topological polar surface area (TPSA) is 52.6 Å². The lowest BCUT2D eigenvalue weighted by Crippen LogP contribution is -2.19. The van der Waals surface area contributed by atoms with Gasteiger partial charge >= 0.3 is 11.9 Å². The first-order valence-corrected chi connectivity index (χ1v) is 4.89. The summed E-state index contributed by atoms with van der Waals surface area (Å²) in [5.41, 5.74) is 0. The Morgan fingerprint density at radius 2 is 1.80 bits per heavy atom. The summed E-state index contributed by atoms with van der Waals surface area (Å²) < 4.78 is 9.07. The van der Waals surface area contributed by atoms with Gasteiger partial charge in [0.1, 0.15) is 0 Å². The standard InChI is InChI=1S/C11H18O4/c1-8(2)5-6-9(3)11(13)15-7-10(12)14-4/h5-6,8-9H,7H2,1-4H3/b6-5-. The minimum absolute atomic E-state index is 0.324. The number of hydrogen-bond donors (Lipinski definition) is 0. The highest BCUT2D eigenvalue weighted by Crippen LogP contribution is 2.04. The molecular formula is C11H18O4. The molecule has 0 bridgehead atoms. The predicted molar refractivity (Wildman–Crippen MR) is 56.1 cm³/mol. The molecule has 0 aromatic rings. The quantitative estimate of drug-likeness (QED) is 0.514. The van der Waals surface area contributed by atoms with E-state index in [9.17, 15) is 9.59 Å². The van der Waals surface area contributed by atoms with Crippen LogP contribution in [0, 0.1) is 11.8 Å². The van der Waals surface area contributed by atoms with Crippen LogP contribution in [-0.4, -0.2) is 25.7 Å². The highest BCUT2D eigenvalue weighted by molar-refractivity contribution is 5.78. The van der Waals surface area contributed by atoms with E-state index in [1.54, 1.807) is 13.0 Å². The molecule has 0 saturated heterocycles. The number of esters is 2. The zero-order valence-electron chi connectivity index (χ0n) is 9.65. The first-order chi connectivity index (χ1) is 6.97. The molecule has 4 nitrogen and oxygen atoms in total. The Hall–Kier alpha value is -1.32. The zero-order chi connectivity index (χ0) is 11.8. The fourth-order valence-corrected chi connectivity index (χ4v) is 0.788. The van der Waals surface area contributed by atoms with Crippen LogP contribution in [0.1, 0.15) is 20.8 Å². The highest BCUT2D eigenvalue weighted by Gasteiger charge is 2.13. The first-order valence-electron chi connectivity index (χ1n) is 4.89. The predicted octanol–water partition coefficient (Wildman–Crippen LogP) is 1.55. The first kappa shape index (κ1) is 13.7. The van der Waals surface area contributed by atoms with E-state index in [4.69, 9.17) is 4.74 Å². The second kappa shape index (κ2) is 7.04. The van der Waals surface area contributed by atoms with E-state index in [2.05, 4.69) is 4.74 Å². The Morgan fingerprint density at radius 1 is 1.20 bits per heavy atom. The van der Waals surface area contributed by atoms with Crippen LogP contribution < -0.4 is 0 Å². The summed E-state index contributed by atoms with van der Waals surface area (Å²) in [5.74, 6) is -0.918. The van der Waals surface area contributed by atoms with Crippen molar-refractivity contribution >= 4 is 11.9 Å². The molecular weight excluding hydrogens is 196 g/mol. The molecule has 0 rings (SSSR count). The Balaban J connectivity index is 3.94. The number of ether oxygens (including phenoxy) is 2. The van der Waals surface area contributed by atoms with Crippen molar-refractivity contribution in [3.05, 3.63) is 12.2 Å². The van der Waals surface area contributed by atoms with Crippen LogP contribution in [0.25, 0.3) is 0 Å². The van der Waals surface area contributed by atoms with Crippen LogP contribution in [0.5, 0.6) is 0 Å². The second-order valence-corrected chi connectivity index (χ2v) is 3.60. The van der Waals surface area contributed by atoms with Gasteiger partial charge in [-0.2, -0.15) is 0 Å². The maximum absolute atomic E-state index is 11.3. The van der Waals surface area contributed by atoms with E-state index in [0.717, 1.165) is 0 Å². The number of allylic oxidation sites excluding steroid dienone is 1. The molecule has 0 spiro atoms. The SMILES string of the molecule is COC(=O)COC(=O)C(C)/C=C\C(C)C. The highest BCUT2D eigenvalue weighted by atomic mass is 16.6. The Kier molecular flexibility index (Phi) is 6.42. The summed E-state index contributed by atoms with van der Waals surface area (Å²) in [4.78, 5) is 22.0. The Morgan fingerprint density at radius 3 is 2.27 bits per heavy atom. The van der Waals surface area contributed by atoms with Crippen LogP contribution in [0.2, 0.25) is 0 Å². The number of carbonyl (C=O) groups is 2. The van der Waals surface area contributed by atoms with Gasteiger partial charge in [0.25, 0.3) is 0 Å². The van der Waals surface area contributed by atoms with Gasteiger partial charge in [-0.1, -0.05) is 26.0 Å². The summed E-state index contributed by atoms with van der Waals surface area (Å²) >= 11 is 0. The van der Waals surface area contributed by atoms with E-state index < -0.39 is 11.9 Å². The van der Waals surface area contributed by atoms with Crippen molar-refractivity contribution in [2.24, 2.45) is 11.8 Å². The molecule has 0 amide bonds. The monoisotopic (exact) mass is 214 g/mol. The van der Waals surface area contributed by atoms with Crippen LogP contribution in [0.3, 0.4) is 0 Å². The van der Waals surface area contributed by atoms with Gasteiger partial charge in [-0.05, 0) is 12.8 Å². The number of methoxy groups -OCH3 is 1. The van der Waals surface area contributed by atoms with Crippen LogP contribution in [0.4, 0.5) is 0 Å². The van der Waals surface area contributed by atoms with Gasteiger partial charge in [-0.15, -0.1) is 0 Å². The van der Waals surface area contributed by atoms with Crippen molar-refractivity contribution in [1.29, 1.82) is 0 Å². The summed E-state index contributed by atoms with van der Waals surface area (Å²) in [6.45, 7) is 5.43. The number of carbonyl (C=O) groups excluding carboxylic acids is 2. The van der Waals surface area contributed by atoms with E-state index in [-0.39, 0.29) is 12.5 Å². The summed E-state index contributed by atoms with van der Waals surface area (Å²) in [6.07, 6.45) is 3.69. The Bertz CT molecular complexity index is 243. The van der Waals surface area contributed by atoms with Gasteiger partial charge in [0.2, 0.25) is 0 Å². The van der Waals surface area contributed by atoms with E-state index in [1.165, 1.54) is 7.11 Å². The molecule has 1 unspecified atom stereocenters. The molecule has 0 aromatic carbocycles. The fraction of sp³-hybridized carbons (Fsp3) is 0.636. The lowest BCUT2D eigenvalue weighted by molar-refractivity contribution is -0.158. The molecule has 0 heterocycles. The molecule has 0 N–H and O–H groups in total. The van der Waals surface area contributed by atoms with Gasteiger partial charge in [0.05, 0.1) is 13.0 Å². The smallest absolute Gasteiger partial charge is 0.344 e. The van der Waals surface area contributed by atoms with Gasteiger partial charge in [-0.25, -0.2) is 4.79 Å². The molecule has 4 heteroatoms. The third kappa shape index (κ3) is 6.71. The second-order valence-electron chi connectivity index (χ2n) is 3.60. The lowest BCUT2D eigenvalue weighted by atomic mass is 10.1. The van der Waals surface area contributed by atoms with Gasteiger partial charge in [0, 0.05) is 0 Å². The molecule has 0 aliphatic carbocycles. The molecule has 1 atom stereocenters. The summed E-state index contributed by atoms with van der Waals surface area (Å²) in [7, 11) is 1.25.